The van der Waals surface area contributed by atoms with Crippen LogP contribution in [-0.2, 0) is 4.79 Å². The molecule has 76 valence electrons. The third-order valence-corrected chi connectivity index (χ3v) is 2.41. The van der Waals surface area contributed by atoms with Crippen LogP contribution in [0.1, 0.15) is 43.4 Å². The van der Waals surface area contributed by atoms with E-state index in [0.717, 1.165) is 17.4 Å². The molecule has 0 bridgehead atoms. The largest absolute Gasteiger partial charge is 0.389 e. The summed E-state index contributed by atoms with van der Waals surface area (Å²) < 4.78 is 0. The van der Waals surface area contributed by atoms with E-state index in [1.165, 1.54) is 0 Å². The number of carbonyl (C=O) groups is 1. The molecule has 0 aromatic heterocycles. The van der Waals surface area contributed by atoms with Gasteiger partial charge in [0.1, 0.15) is 6.29 Å². The van der Waals surface area contributed by atoms with Crippen molar-refractivity contribution < 1.29 is 9.90 Å². The third kappa shape index (κ3) is 2.67. The van der Waals surface area contributed by atoms with Gasteiger partial charge in [-0.15, -0.1) is 0 Å². The molecule has 1 rings (SSSR count). The molecular weight excluding hydrogens is 176 g/mol. The van der Waals surface area contributed by atoms with Gasteiger partial charge in [0.05, 0.1) is 6.10 Å². The smallest absolute Gasteiger partial charge is 0.120 e. The Morgan fingerprint density at radius 2 is 2.00 bits per heavy atom. The van der Waals surface area contributed by atoms with E-state index in [0.29, 0.717) is 6.42 Å². The first-order valence-corrected chi connectivity index (χ1v) is 4.86. The molecule has 1 aromatic rings. The highest BCUT2D eigenvalue weighted by molar-refractivity contribution is 5.51. The minimum atomic E-state index is -0.446. The first kappa shape index (κ1) is 10.9. The van der Waals surface area contributed by atoms with E-state index in [2.05, 4.69) is 0 Å². The quantitative estimate of drug-likeness (QED) is 0.744. The van der Waals surface area contributed by atoms with Gasteiger partial charge in [0.25, 0.3) is 0 Å². The minimum Gasteiger partial charge on any atom is -0.389 e. The fraction of sp³-hybridized carbons (Fsp3) is 0.417. The van der Waals surface area contributed by atoms with Crippen LogP contribution in [0.25, 0.3) is 0 Å². The fourth-order valence-corrected chi connectivity index (χ4v) is 1.41. The summed E-state index contributed by atoms with van der Waals surface area (Å²) in [5.41, 5.74) is 2.01. The van der Waals surface area contributed by atoms with E-state index in [1.807, 2.05) is 31.2 Å². The Kier molecular flexibility index (Phi) is 3.84. The average Bonchev–Trinajstić information content (AvgIpc) is 2.18. The second-order valence-corrected chi connectivity index (χ2v) is 3.65. The van der Waals surface area contributed by atoms with Crippen molar-refractivity contribution in [2.45, 2.75) is 32.3 Å². The highest BCUT2D eigenvalue weighted by Crippen LogP contribution is 2.21. The number of aliphatic hydroxyl groups is 1. The van der Waals surface area contributed by atoms with Gasteiger partial charge in [-0.1, -0.05) is 31.2 Å². The van der Waals surface area contributed by atoms with Gasteiger partial charge in [-0.2, -0.15) is 0 Å². The second kappa shape index (κ2) is 4.91. The molecule has 0 aliphatic rings. The Bertz CT molecular complexity index is 305. The molecule has 0 amide bonds. The maximum Gasteiger partial charge on any atom is 0.120 e. The maximum absolute atomic E-state index is 10.4. The molecule has 0 aliphatic heterocycles. The van der Waals surface area contributed by atoms with Crippen molar-refractivity contribution in [1.29, 1.82) is 0 Å². The number of rotatable bonds is 4. The van der Waals surface area contributed by atoms with Crippen molar-refractivity contribution in [2.75, 3.05) is 0 Å². The Morgan fingerprint density at radius 3 is 2.57 bits per heavy atom. The summed E-state index contributed by atoms with van der Waals surface area (Å²) in [4.78, 5) is 10.4. The number of aldehydes is 1. The lowest BCUT2D eigenvalue weighted by Crippen LogP contribution is -1.97. The zero-order chi connectivity index (χ0) is 10.6. The van der Waals surface area contributed by atoms with Gasteiger partial charge in [-0.3, -0.25) is 0 Å². The van der Waals surface area contributed by atoms with Gasteiger partial charge < -0.3 is 9.90 Å². The van der Waals surface area contributed by atoms with Crippen LogP contribution in [0, 0.1) is 0 Å². The number of aliphatic hydroxyl groups excluding tert-OH is 1. The molecule has 2 atom stereocenters. The molecule has 1 N–H and O–H groups in total. The van der Waals surface area contributed by atoms with Crippen molar-refractivity contribution in [2.24, 2.45) is 0 Å². The lowest BCUT2D eigenvalue weighted by atomic mass is 9.96. The van der Waals surface area contributed by atoms with E-state index in [9.17, 15) is 9.90 Å². The lowest BCUT2D eigenvalue weighted by Gasteiger charge is -2.11. The highest BCUT2D eigenvalue weighted by Gasteiger charge is 2.07. The summed E-state index contributed by atoms with van der Waals surface area (Å²) in [6, 6.07) is 7.75. The van der Waals surface area contributed by atoms with Crippen LogP contribution < -0.4 is 0 Å². The van der Waals surface area contributed by atoms with Crippen LogP contribution >= 0.6 is 0 Å². The van der Waals surface area contributed by atoms with Crippen LogP contribution in [0.3, 0.4) is 0 Å². The number of hydrogen-bond acceptors (Lipinski definition) is 2. The van der Waals surface area contributed by atoms with Crippen molar-refractivity contribution >= 4 is 6.29 Å². The molecule has 0 saturated heterocycles. The summed E-state index contributed by atoms with van der Waals surface area (Å²) >= 11 is 0. The van der Waals surface area contributed by atoms with Gasteiger partial charge in [0.2, 0.25) is 0 Å². The topological polar surface area (TPSA) is 37.3 Å². The van der Waals surface area contributed by atoms with E-state index in [1.54, 1.807) is 6.92 Å². The molecule has 1 aromatic carbocycles. The molecular formula is C12H16O2. The molecule has 0 aliphatic carbocycles. The van der Waals surface area contributed by atoms with Crippen molar-refractivity contribution in [3.8, 4) is 0 Å². The Morgan fingerprint density at radius 1 is 1.36 bits per heavy atom. The van der Waals surface area contributed by atoms with Gasteiger partial charge in [0.15, 0.2) is 0 Å². The van der Waals surface area contributed by atoms with Crippen molar-refractivity contribution in [1.82, 2.24) is 0 Å². The van der Waals surface area contributed by atoms with Gasteiger partial charge in [-0.25, -0.2) is 0 Å². The fourth-order valence-electron chi connectivity index (χ4n) is 1.41. The molecule has 2 unspecified atom stereocenters. The van der Waals surface area contributed by atoms with Crippen LogP contribution in [0.5, 0.6) is 0 Å². The highest BCUT2D eigenvalue weighted by atomic mass is 16.3. The number of carbonyl (C=O) groups excluding carboxylic acids is 1. The summed E-state index contributed by atoms with van der Waals surface area (Å²) in [5.74, 6) is 0.228. The minimum absolute atomic E-state index is 0.228. The summed E-state index contributed by atoms with van der Waals surface area (Å²) in [5, 5.41) is 9.39. The molecule has 0 fully saturated rings. The molecule has 0 spiro atoms. The predicted octanol–water partition coefficient (Wildman–Crippen LogP) is 2.43. The Hall–Kier alpha value is -1.15. The zero-order valence-electron chi connectivity index (χ0n) is 8.60. The van der Waals surface area contributed by atoms with Gasteiger partial charge in [-0.05, 0) is 24.0 Å². The molecule has 0 radical (unpaired) electrons. The number of hydrogen-bond donors (Lipinski definition) is 1. The molecule has 2 heteroatoms. The van der Waals surface area contributed by atoms with Crippen molar-refractivity contribution in [3.05, 3.63) is 35.4 Å². The first-order chi connectivity index (χ1) is 6.65. The predicted molar refractivity (Wildman–Crippen MR) is 56.2 cm³/mol. The molecule has 2 nitrogen and oxygen atoms in total. The third-order valence-electron chi connectivity index (χ3n) is 2.41. The van der Waals surface area contributed by atoms with Crippen molar-refractivity contribution in [3.63, 3.8) is 0 Å². The summed E-state index contributed by atoms with van der Waals surface area (Å²) in [6.45, 7) is 3.75. The zero-order valence-corrected chi connectivity index (χ0v) is 8.60. The lowest BCUT2D eigenvalue weighted by molar-refractivity contribution is -0.108. The van der Waals surface area contributed by atoms with E-state index >= 15 is 0 Å². The standard InChI is InChI=1S/C12H16O2/c1-9(6-7-13)11-4-3-5-12(8-11)10(2)14/h3-5,7-10,14H,6H2,1-2H3. The van der Waals surface area contributed by atoms with Crippen LogP contribution in [0.4, 0.5) is 0 Å². The second-order valence-electron chi connectivity index (χ2n) is 3.65. The molecule has 0 saturated carbocycles. The number of benzene rings is 1. The van der Waals surface area contributed by atoms with Crippen LogP contribution in [0.15, 0.2) is 24.3 Å². The maximum atomic E-state index is 10.4. The van der Waals surface area contributed by atoms with E-state index in [4.69, 9.17) is 0 Å². The van der Waals surface area contributed by atoms with Crippen LogP contribution in [0.2, 0.25) is 0 Å². The van der Waals surface area contributed by atoms with E-state index < -0.39 is 6.10 Å². The SMILES string of the molecule is CC(O)c1cccc(C(C)CC=O)c1. The normalized spacial score (nSPS) is 14.8. The Labute approximate surface area is 84.6 Å². The van der Waals surface area contributed by atoms with Gasteiger partial charge >= 0.3 is 0 Å². The summed E-state index contributed by atoms with van der Waals surface area (Å²) in [7, 11) is 0. The van der Waals surface area contributed by atoms with Crippen LogP contribution in [-0.4, -0.2) is 11.4 Å². The molecule has 14 heavy (non-hydrogen) atoms. The molecule has 0 heterocycles. The van der Waals surface area contributed by atoms with Gasteiger partial charge in [0, 0.05) is 6.42 Å². The summed E-state index contributed by atoms with van der Waals surface area (Å²) in [6.07, 6.45) is 1.02. The Balaban J connectivity index is 2.87. The van der Waals surface area contributed by atoms with E-state index in [-0.39, 0.29) is 5.92 Å². The first-order valence-electron chi connectivity index (χ1n) is 4.86. The monoisotopic (exact) mass is 192 g/mol. The average molecular weight is 192 g/mol.